The van der Waals surface area contributed by atoms with Crippen LogP contribution >= 0.6 is 0 Å². The van der Waals surface area contributed by atoms with E-state index in [2.05, 4.69) is 5.32 Å². The van der Waals surface area contributed by atoms with E-state index in [9.17, 15) is 4.79 Å². The van der Waals surface area contributed by atoms with Crippen LogP contribution < -0.4 is 11.1 Å². The Morgan fingerprint density at radius 3 is 3.13 bits per heavy atom. The molecular weight excluding hydrogens is 192 g/mol. The van der Waals surface area contributed by atoms with Crippen molar-refractivity contribution in [2.45, 2.75) is 38.0 Å². The van der Waals surface area contributed by atoms with Crippen molar-refractivity contribution >= 4 is 5.91 Å². The van der Waals surface area contributed by atoms with Gasteiger partial charge in [0.15, 0.2) is 0 Å². The number of rotatable bonds is 2. The molecule has 4 unspecified atom stereocenters. The van der Waals surface area contributed by atoms with E-state index in [1.807, 2.05) is 6.92 Å². The van der Waals surface area contributed by atoms with Gasteiger partial charge in [-0.05, 0) is 25.8 Å². The van der Waals surface area contributed by atoms with Crippen LogP contribution in [-0.4, -0.2) is 30.7 Å². The Morgan fingerprint density at radius 1 is 1.60 bits per heavy atom. The Balaban J connectivity index is 1.90. The van der Waals surface area contributed by atoms with Gasteiger partial charge >= 0.3 is 0 Å². The smallest absolute Gasteiger partial charge is 0.244 e. The zero-order valence-corrected chi connectivity index (χ0v) is 8.98. The van der Waals surface area contributed by atoms with Crippen LogP contribution in [0.3, 0.4) is 0 Å². The normalized spacial score (nSPS) is 39.6. The topological polar surface area (TPSA) is 64.4 Å². The van der Waals surface area contributed by atoms with Crippen LogP contribution in [0, 0.1) is 5.92 Å². The summed E-state index contributed by atoms with van der Waals surface area (Å²) in [5, 5.41) is 2.89. The highest BCUT2D eigenvalue weighted by Gasteiger charge is 2.50. The van der Waals surface area contributed by atoms with E-state index in [4.69, 9.17) is 10.5 Å². The SMILES string of the molecule is C/C=C/C(=O)NC1C(N)C2CCCOC21. The number of ether oxygens (including phenoxy) is 1. The second-order valence-corrected chi connectivity index (χ2v) is 4.25. The van der Waals surface area contributed by atoms with Crippen LogP contribution in [0.5, 0.6) is 0 Å². The summed E-state index contributed by atoms with van der Waals surface area (Å²) < 4.78 is 5.62. The highest BCUT2D eigenvalue weighted by atomic mass is 16.5. The van der Waals surface area contributed by atoms with E-state index in [1.54, 1.807) is 6.08 Å². The summed E-state index contributed by atoms with van der Waals surface area (Å²) >= 11 is 0. The van der Waals surface area contributed by atoms with Crippen molar-refractivity contribution in [3.63, 3.8) is 0 Å². The Labute approximate surface area is 89.9 Å². The van der Waals surface area contributed by atoms with Crippen LogP contribution in [0.1, 0.15) is 19.8 Å². The molecule has 4 heteroatoms. The first-order valence-electron chi connectivity index (χ1n) is 5.54. The quantitative estimate of drug-likeness (QED) is 0.639. The molecule has 1 saturated heterocycles. The van der Waals surface area contributed by atoms with Crippen molar-refractivity contribution in [3.05, 3.63) is 12.2 Å². The van der Waals surface area contributed by atoms with Crippen LogP contribution in [0.15, 0.2) is 12.2 Å². The highest BCUT2D eigenvalue weighted by Crippen LogP contribution is 2.36. The largest absolute Gasteiger partial charge is 0.376 e. The Morgan fingerprint density at radius 2 is 2.40 bits per heavy atom. The van der Waals surface area contributed by atoms with E-state index in [-0.39, 0.29) is 24.1 Å². The predicted octanol–water partition coefficient (Wildman–Crippen LogP) is 0.183. The number of hydrogen-bond acceptors (Lipinski definition) is 3. The molecule has 0 aromatic heterocycles. The van der Waals surface area contributed by atoms with E-state index in [0.29, 0.717) is 5.92 Å². The minimum absolute atomic E-state index is 0.000926. The Hall–Kier alpha value is -0.870. The summed E-state index contributed by atoms with van der Waals surface area (Å²) in [7, 11) is 0. The third-order valence-corrected chi connectivity index (χ3v) is 3.30. The molecule has 4 atom stereocenters. The van der Waals surface area contributed by atoms with Gasteiger partial charge in [0, 0.05) is 18.6 Å². The molecule has 2 rings (SSSR count). The third-order valence-electron chi connectivity index (χ3n) is 3.30. The van der Waals surface area contributed by atoms with Gasteiger partial charge in [-0.3, -0.25) is 4.79 Å². The van der Waals surface area contributed by atoms with Crippen LogP contribution in [-0.2, 0) is 9.53 Å². The van der Waals surface area contributed by atoms with Crippen LogP contribution in [0.2, 0.25) is 0 Å². The molecule has 1 saturated carbocycles. The predicted molar refractivity (Wildman–Crippen MR) is 57.2 cm³/mol. The maximum Gasteiger partial charge on any atom is 0.244 e. The molecule has 1 aliphatic carbocycles. The van der Waals surface area contributed by atoms with Crippen molar-refractivity contribution in [1.29, 1.82) is 0 Å². The zero-order chi connectivity index (χ0) is 10.8. The summed E-state index contributed by atoms with van der Waals surface area (Å²) in [6.45, 7) is 2.62. The molecule has 1 heterocycles. The first-order chi connectivity index (χ1) is 7.24. The molecule has 2 aliphatic rings. The molecular formula is C11H18N2O2. The zero-order valence-electron chi connectivity index (χ0n) is 8.98. The van der Waals surface area contributed by atoms with E-state index in [0.717, 1.165) is 19.4 Å². The minimum atomic E-state index is -0.0782. The number of fused-ring (bicyclic) bond motifs is 1. The first kappa shape index (κ1) is 10.6. The lowest BCUT2D eigenvalue weighted by Gasteiger charge is -2.52. The molecule has 0 aromatic carbocycles. The molecule has 4 nitrogen and oxygen atoms in total. The Kier molecular flexibility index (Phi) is 3.07. The molecule has 3 N–H and O–H groups in total. The van der Waals surface area contributed by atoms with E-state index >= 15 is 0 Å². The molecule has 0 bridgehead atoms. The molecule has 1 amide bonds. The number of nitrogens with one attached hydrogen (secondary N) is 1. The van der Waals surface area contributed by atoms with Gasteiger partial charge in [0.2, 0.25) is 5.91 Å². The number of nitrogens with two attached hydrogens (primary N) is 1. The van der Waals surface area contributed by atoms with Crippen LogP contribution in [0.4, 0.5) is 0 Å². The lowest BCUT2D eigenvalue weighted by atomic mass is 9.68. The van der Waals surface area contributed by atoms with Gasteiger partial charge in [0.25, 0.3) is 0 Å². The maximum absolute atomic E-state index is 11.4. The molecule has 2 fully saturated rings. The second-order valence-electron chi connectivity index (χ2n) is 4.25. The maximum atomic E-state index is 11.4. The number of carbonyl (C=O) groups excluding carboxylic acids is 1. The second kappa shape index (κ2) is 4.33. The Bertz CT molecular complexity index is 278. The van der Waals surface area contributed by atoms with Gasteiger partial charge in [-0.1, -0.05) is 6.08 Å². The summed E-state index contributed by atoms with van der Waals surface area (Å²) in [6.07, 6.45) is 5.59. The van der Waals surface area contributed by atoms with Gasteiger partial charge in [-0.25, -0.2) is 0 Å². The van der Waals surface area contributed by atoms with Crippen molar-refractivity contribution in [3.8, 4) is 0 Å². The lowest BCUT2D eigenvalue weighted by molar-refractivity contribution is -0.136. The summed E-state index contributed by atoms with van der Waals surface area (Å²) in [5.41, 5.74) is 6.00. The fourth-order valence-corrected chi connectivity index (χ4v) is 2.49. The summed E-state index contributed by atoms with van der Waals surface area (Å²) in [6, 6.07) is 0.0588. The average molecular weight is 210 g/mol. The first-order valence-corrected chi connectivity index (χ1v) is 5.54. The van der Waals surface area contributed by atoms with Gasteiger partial charge in [-0.2, -0.15) is 0 Å². The number of amides is 1. The van der Waals surface area contributed by atoms with Gasteiger partial charge in [0.1, 0.15) is 0 Å². The van der Waals surface area contributed by atoms with E-state index in [1.165, 1.54) is 6.08 Å². The highest BCUT2D eigenvalue weighted by molar-refractivity contribution is 5.87. The monoisotopic (exact) mass is 210 g/mol. The summed E-state index contributed by atoms with van der Waals surface area (Å²) in [5.74, 6) is 0.361. The van der Waals surface area contributed by atoms with Crippen molar-refractivity contribution in [1.82, 2.24) is 5.32 Å². The van der Waals surface area contributed by atoms with Crippen molar-refractivity contribution < 1.29 is 9.53 Å². The van der Waals surface area contributed by atoms with Gasteiger partial charge in [0.05, 0.1) is 12.1 Å². The van der Waals surface area contributed by atoms with Gasteiger partial charge in [-0.15, -0.1) is 0 Å². The average Bonchev–Trinajstić information content (AvgIpc) is 2.26. The van der Waals surface area contributed by atoms with Gasteiger partial charge < -0.3 is 15.8 Å². The van der Waals surface area contributed by atoms with Crippen molar-refractivity contribution in [2.75, 3.05) is 6.61 Å². The number of allylic oxidation sites excluding steroid dienone is 1. The molecule has 0 spiro atoms. The molecule has 0 aromatic rings. The third kappa shape index (κ3) is 1.92. The minimum Gasteiger partial charge on any atom is -0.376 e. The fourth-order valence-electron chi connectivity index (χ4n) is 2.49. The fraction of sp³-hybridized carbons (Fsp3) is 0.727. The van der Waals surface area contributed by atoms with Crippen LogP contribution in [0.25, 0.3) is 0 Å². The molecule has 1 aliphatic heterocycles. The van der Waals surface area contributed by atoms with E-state index < -0.39 is 0 Å². The molecule has 15 heavy (non-hydrogen) atoms. The number of carbonyl (C=O) groups is 1. The molecule has 84 valence electrons. The number of hydrogen-bond donors (Lipinski definition) is 2. The standard InChI is InChI=1S/C11H18N2O2/c1-2-4-8(14)13-10-9(12)7-5-3-6-15-11(7)10/h2,4,7,9-11H,3,5-6,12H2,1H3,(H,13,14)/b4-2+. The molecule has 0 radical (unpaired) electrons. The lowest BCUT2D eigenvalue weighted by Crippen LogP contribution is -2.71. The van der Waals surface area contributed by atoms with Crippen molar-refractivity contribution in [2.24, 2.45) is 11.7 Å². The summed E-state index contributed by atoms with van der Waals surface area (Å²) in [4.78, 5) is 11.4.